The van der Waals surface area contributed by atoms with Crippen LogP contribution in [0.5, 0.6) is 0 Å². The van der Waals surface area contributed by atoms with Gasteiger partial charge in [-0.05, 0) is 0 Å². The predicted octanol–water partition coefficient (Wildman–Crippen LogP) is -1.12. The molecule has 0 aliphatic carbocycles. The van der Waals surface area contributed by atoms with Crippen molar-refractivity contribution in [1.29, 1.82) is 0 Å². The molecule has 0 fully saturated rings. The van der Waals surface area contributed by atoms with Crippen LogP contribution in [0.15, 0.2) is 12.5 Å². The number of carbonyl (C=O) groups excluding carboxylic acids is 1. The first-order valence-corrected chi connectivity index (χ1v) is 3.59. The number of carbonyl (C=O) groups is 2. The van der Waals surface area contributed by atoms with Crippen molar-refractivity contribution in [3.05, 3.63) is 18.2 Å². The minimum absolute atomic E-state index is 0.121. The second-order valence-corrected chi connectivity index (χ2v) is 2.57. The van der Waals surface area contributed by atoms with Crippen molar-refractivity contribution >= 4 is 12.4 Å². The maximum absolute atomic E-state index is 10.4. The van der Waals surface area contributed by atoms with Crippen LogP contribution in [-0.2, 0) is 16.0 Å². The second kappa shape index (κ2) is 3.81. The van der Waals surface area contributed by atoms with Crippen LogP contribution in [0.3, 0.4) is 0 Å². The highest BCUT2D eigenvalue weighted by atomic mass is 16.4. The third-order valence-corrected chi connectivity index (χ3v) is 1.52. The Kier molecular flexibility index (Phi) is 2.76. The van der Waals surface area contributed by atoms with E-state index >= 15 is 0 Å². The molecule has 0 spiro atoms. The zero-order chi connectivity index (χ0) is 9.84. The summed E-state index contributed by atoms with van der Waals surface area (Å²) in [5.41, 5.74) is 5.75. The maximum Gasteiger partial charge on any atom is 0.320 e. The van der Waals surface area contributed by atoms with Gasteiger partial charge in [-0.15, -0.1) is 0 Å². The SMILES string of the molecule is N[C@@H](Cc1cn(C=O)cn1)C(=O)O. The molecule has 70 valence electrons. The van der Waals surface area contributed by atoms with E-state index in [1.54, 1.807) is 0 Å². The van der Waals surface area contributed by atoms with Gasteiger partial charge in [-0.2, -0.15) is 0 Å². The van der Waals surface area contributed by atoms with Gasteiger partial charge in [0.2, 0.25) is 6.41 Å². The van der Waals surface area contributed by atoms with Gasteiger partial charge in [0.1, 0.15) is 12.4 Å². The van der Waals surface area contributed by atoms with Gasteiger partial charge < -0.3 is 10.8 Å². The van der Waals surface area contributed by atoms with Crippen molar-refractivity contribution in [2.24, 2.45) is 5.73 Å². The molecule has 1 aromatic rings. The van der Waals surface area contributed by atoms with E-state index in [2.05, 4.69) is 4.98 Å². The Morgan fingerprint density at radius 3 is 3.00 bits per heavy atom. The molecule has 0 radical (unpaired) electrons. The lowest BCUT2D eigenvalue weighted by Gasteiger charge is -2.01. The van der Waals surface area contributed by atoms with Crippen LogP contribution in [0.1, 0.15) is 5.69 Å². The quantitative estimate of drug-likeness (QED) is 0.576. The Morgan fingerprint density at radius 1 is 1.85 bits per heavy atom. The Morgan fingerprint density at radius 2 is 2.54 bits per heavy atom. The number of aliphatic carboxylic acids is 1. The molecule has 13 heavy (non-hydrogen) atoms. The van der Waals surface area contributed by atoms with Crippen molar-refractivity contribution in [3.63, 3.8) is 0 Å². The molecule has 0 aliphatic rings. The highest BCUT2D eigenvalue weighted by Gasteiger charge is 2.13. The van der Waals surface area contributed by atoms with Crippen LogP contribution >= 0.6 is 0 Å². The third-order valence-electron chi connectivity index (χ3n) is 1.52. The van der Waals surface area contributed by atoms with Crippen LogP contribution in [0, 0.1) is 0 Å². The van der Waals surface area contributed by atoms with E-state index < -0.39 is 12.0 Å². The van der Waals surface area contributed by atoms with Crippen LogP contribution in [0.25, 0.3) is 0 Å². The second-order valence-electron chi connectivity index (χ2n) is 2.57. The Balaban J connectivity index is 2.63. The van der Waals surface area contributed by atoms with Gasteiger partial charge in [0.15, 0.2) is 0 Å². The average molecular weight is 183 g/mol. The van der Waals surface area contributed by atoms with Crippen molar-refractivity contribution in [1.82, 2.24) is 9.55 Å². The number of hydrogen-bond acceptors (Lipinski definition) is 4. The number of carboxylic acid groups (broad SMARTS) is 1. The first kappa shape index (κ1) is 9.40. The van der Waals surface area contributed by atoms with Gasteiger partial charge in [-0.1, -0.05) is 0 Å². The van der Waals surface area contributed by atoms with E-state index in [9.17, 15) is 9.59 Å². The zero-order valence-electron chi connectivity index (χ0n) is 6.75. The fourth-order valence-electron chi connectivity index (χ4n) is 0.855. The maximum atomic E-state index is 10.4. The van der Waals surface area contributed by atoms with Crippen LogP contribution in [0.2, 0.25) is 0 Å². The lowest BCUT2D eigenvalue weighted by atomic mass is 10.2. The number of hydrogen-bond donors (Lipinski definition) is 2. The van der Waals surface area contributed by atoms with Crippen LogP contribution in [-0.4, -0.2) is 33.1 Å². The predicted molar refractivity (Wildman–Crippen MR) is 43.7 cm³/mol. The van der Waals surface area contributed by atoms with Gasteiger partial charge >= 0.3 is 5.97 Å². The Labute approximate surface area is 74.0 Å². The molecule has 6 heteroatoms. The zero-order valence-corrected chi connectivity index (χ0v) is 6.75. The average Bonchev–Trinajstić information content (AvgIpc) is 2.52. The molecule has 1 rings (SSSR count). The summed E-state index contributed by atoms with van der Waals surface area (Å²) in [5.74, 6) is -1.08. The van der Waals surface area contributed by atoms with Crippen molar-refractivity contribution in [2.45, 2.75) is 12.5 Å². The molecule has 0 saturated carbocycles. The van der Waals surface area contributed by atoms with E-state index in [0.29, 0.717) is 12.1 Å². The van der Waals surface area contributed by atoms with Gasteiger partial charge in [0, 0.05) is 12.6 Å². The molecule has 1 heterocycles. The summed E-state index contributed by atoms with van der Waals surface area (Å²) in [6, 6.07) is -0.977. The standard InChI is InChI=1S/C7H9N3O3/c8-6(7(12)13)1-5-2-10(4-11)3-9-5/h2-4,6H,1,8H2,(H,12,13)/t6-/m0/s1. The van der Waals surface area contributed by atoms with E-state index in [-0.39, 0.29) is 6.42 Å². The van der Waals surface area contributed by atoms with Crippen molar-refractivity contribution in [2.75, 3.05) is 0 Å². The first-order chi connectivity index (χ1) is 6.13. The summed E-state index contributed by atoms with van der Waals surface area (Å²) < 4.78 is 1.20. The Hall–Kier alpha value is -1.69. The summed E-state index contributed by atoms with van der Waals surface area (Å²) in [7, 11) is 0. The lowest BCUT2D eigenvalue weighted by Crippen LogP contribution is -2.32. The van der Waals surface area contributed by atoms with Gasteiger partial charge in [0.25, 0.3) is 0 Å². The summed E-state index contributed by atoms with van der Waals surface area (Å²) in [6.45, 7) is 0. The number of imidazole rings is 1. The van der Waals surface area contributed by atoms with E-state index in [1.807, 2.05) is 0 Å². The number of nitrogens with two attached hydrogens (primary N) is 1. The number of carboxylic acids is 1. The smallest absolute Gasteiger partial charge is 0.320 e. The molecular weight excluding hydrogens is 174 g/mol. The molecule has 0 aliphatic heterocycles. The molecule has 6 nitrogen and oxygen atoms in total. The molecule has 3 N–H and O–H groups in total. The van der Waals surface area contributed by atoms with Gasteiger partial charge in [-0.3, -0.25) is 14.2 Å². The molecule has 0 amide bonds. The Bertz CT molecular complexity index is 321. The van der Waals surface area contributed by atoms with E-state index in [4.69, 9.17) is 10.8 Å². The largest absolute Gasteiger partial charge is 0.480 e. The van der Waals surface area contributed by atoms with Crippen molar-refractivity contribution < 1.29 is 14.7 Å². The molecule has 0 saturated heterocycles. The van der Waals surface area contributed by atoms with E-state index in [1.165, 1.54) is 17.1 Å². The lowest BCUT2D eigenvalue weighted by molar-refractivity contribution is -0.138. The van der Waals surface area contributed by atoms with Crippen LogP contribution in [0.4, 0.5) is 0 Å². The topological polar surface area (TPSA) is 98.2 Å². The summed E-state index contributed by atoms with van der Waals surface area (Å²) in [5, 5.41) is 8.48. The number of nitrogens with zero attached hydrogens (tertiary/aromatic N) is 2. The van der Waals surface area contributed by atoms with Gasteiger partial charge in [-0.25, -0.2) is 4.98 Å². The highest BCUT2D eigenvalue weighted by molar-refractivity contribution is 5.73. The molecule has 0 bridgehead atoms. The monoisotopic (exact) mass is 183 g/mol. The number of rotatable bonds is 4. The van der Waals surface area contributed by atoms with Crippen LogP contribution < -0.4 is 5.73 Å². The minimum atomic E-state index is -1.08. The summed E-state index contributed by atoms with van der Waals surface area (Å²) in [4.78, 5) is 24.4. The molecule has 1 atom stereocenters. The molecule has 0 unspecified atom stereocenters. The molecular formula is C7H9N3O3. The number of aromatic nitrogens is 2. The third kappa shape index (κ3) is 2.38. The summed E-state index contributed by atoms with van der Waals surface area (Å²) >= 11 is 0. The minimum Gasteiger partial charge on any atom is -0.480 e. The molecule has 1 aromatic heterocycles. The fraction of sp³-hybridized carbons (Fsp3) is 0.286. The van der Waals surface area contributed by atoms with Gasteiger partial charge in [0.05, 0.1) is 5.69 Å². The first-order valence-electron chi connectivity index (χ1n) is 3.59. The molecule has 0 aromatic carbocycles. The summed E-state index contributed by atoms with van der Waals surface area (Å²) in [6.07, 6.45) is 3.44. The normalized spacial score (nSPS) is 12.4. The fourth-order valence-corrected chi connectivity index (χ4v) is 0.855. The van der Waals surface area contributed by atoms with E-state index in [0.717, 1.165) is 0 Å². The highest BCUT2D eigenvalue weighted by Crippen LogP contribution is 1.98. The van der Waals surface area contributed by atoms with Crippen molar-refractivity contribution in [3.8, 4) is 0 Å².